The third kappa shape index (κ3) is 6.39. The van der Waals surface area contributed by atoms with Crippen molar-refractivity contribution < 1.29 is 32.6 Å². The zero-order chi connectivity index (χ0) is 29.5. The van der Waals surface area contributed by atoms with Crippen LogP contribution in [0.5, 0.6) is 0 Å². The Morgan fingerprint density at radius 3 is 2.59 bits per heavy atom. The minimum absolute atomic E-state index is 0.0118. The Morgan fingerprint density at radius 2 is 1.90 bits per heavy atom. The fourth-order valence-corrected chi connectivity index (χ4v) is 5.20. The van der Waals surface area contributed by atoms with E-state index in [9.17, 15) is 27.9 Å². The highest BCUT2D eigenvalue weighted by Gasteiger charge is 2.37. The van der Waals surface area contributed by atoms with Crippen molar-refractivity contribution in [1.29, 1.82) is 0 Å². The van der Waals surface area contributed by atoms with Crippen LogP contribution in [0, 0.1) is 0 Å². The van der Waals surface area contributed by atoms with Crippen molar-refractivity contribution in [2.45, 2.75) is 64.0 Å². The largest absolute Gasteiger partial charge is 0.444 e. The topological polar surface area (TPSA) is 124 Å². The molecule has 3 aromatic rings. The molecule has 0 unspecified atom stereocenters. The number of nitrogens with one attached hydrogen (secondary N) is 2. The molecule has 3 N–H and O–H groups in total. The predicted octanol–water partition coefficient (Wildman–Crippen LogP) is 4.66. The van der Waals surface area contributed by atoms with Gasteiger partial charge in [-0.3, -0.25) is 4.79 Å². The summed E-state index contributed by atoms with van der Waals surface area (Å²) in [6, 6.07) is 4.47. The maximum Gasteiger partial charge on any atom is 0.419 e. The number of hydrogen-bond donors (Lipinski definition) is 3. The summed E-state index contributed by atoms with van der Waals surface area (Å²) < 4.78 is 47.6. The van der Waals surface area contributed by atoms with E-state index in [-0.39, 0.29) is 35.7 Å². The number of benzene rings is 1. The molecule has 220 valence electrons. The molecule has 2 amide bonds. The Balaban J connectivity index is 1.41. The highest BCUT2D eigenvalue weighted by molar-refractivity contribution is 6.02. The number of β-amino-alcohol motifs (C(OH)–C–C–N with tert-alkyl or cyclic N) is 1. The molecule has 0 saturated carbocycles. The third-order valence-corrected chi connectivity index (χ3v) is 7.13. The van der Waals surface area contributed by atoms with E-state index in [2.05, 4.69) is 20.3 Å². The van der Waals surface area contributed by atoms with E-state index in [4.69, 9.17) is 4.74 Å². The van der Waals surface area contributed by atoms with Crippen molar-refractivity contribution in [2.75, 3.05) is 31.5 Å². The maximum atomic E-state index is 14.0. The lowest BCUT2D eigenvalue weighted by atomic mass is 10.0. The van der Waals surface area contributed by atoms with Crippen molar-refractivity contribution in [3.8, 4) is 11.3 Å². The standard InChI is InChI=1S/C28H33F3N6O4/c1-27(2,3)41-26(40)37-9-4-5-17(14-37)34-25-33-13-21(28(29,30)31)23(35-25)20-12-32-22-11-16(6-7-19(20)22)24(39)36-10-8-18(38)15-36/h6-7,11-13,17-18,32,38H,4-5,8-10,14-15H2,1-3H3,(H,33,34,35)/t17-,18-/m0/s1. The van der Waals surface area contributed by atoms with Gasteiger partial charge in [0.15, 0.2) is 0 Å². The lowest BCUT2D eigenvalue weighted by Crippen LogP contribution is -2.47. The Labute approximate surface area is 234 Å². The van der Waals surface area contributed by atoms with Crippen LogP contribution in [0.3, 0.4) is 0 Å². The summed E-state index contributed by atoms with van der Waals surface area (Å²) in [7, 11) is 0. The first-order valence-electron chi connectivity index (χ1n) is 13.6. The van der Waals surface area contributed by atoms with Gasteiger partial charge in [0.2, 0.25) is 5.95 Å². The number of piperidine rings is 1. The zero-order valence-electron chi connectivity index (χ0n) is 23.1. The van der Waals surface area contributed by atoms with Crippen LogP contribution < -0.4 is 5.32 Å². The van der Waals surface area contributed by atoms with Gasteiger partial charge in [-0.2, -0.15) is 13.2 Å². The average molecular weight is 575 g/mol. The molecule has 2 saturated heterocycles. The first-order chi connectivity index (χ1) is 19.3. The maximum absolute atomic E-state index is 14.0. The van der Waals surface area contributed by atoms with Crippen LogP contribution in [0.2, 0.25) is 0 Å². The van der Waals surface area contributed by atoms with Crippen molar-refractivity contribution in [3.63, 3.8) is 0 Å². The number of carbonyl (C=O) groups is 2. The first kappa shape index (κ1) is 28.7. The smallest absolute Gasteiger partial charge is 0.419 e. The number of nitrogens with zero attached hydrogens (tertiary/aromatic N) is 4. The molecule has 0 aliphatic carbocycles. The van der Waals surface area contributed by atoms with Crippen LogP contribution in [0.25, 0.3) is 22.2 Å². The minimum atomic E-state index is -4.71. The number of hydrogen-bond acceptors (Lipinski definition) is 7. The van der Waals surface area contributed by atoms with Crippen LogP contribution in [0.1, 0.15) is 56.0 Å². The van der Waals surface area contributed by atoms with Gasteiger partial charge < -0.3 is 29.9 Å². The van der Waals surface area contributed by atoms with Crippen molar-refractivity contribution in [3.05, 3.63) is 41.7 Å². The van der Waals surface area contributed by atoms with Gasteiger partial charge in [-0.1, -0.05) is 6.07 Å². The number of rotatable bonds is 4. The Hall–Kier alpha value is -3.87. The lowest BCUT2D eigenvalue weighted by molar-refractivity contribution is -0.137. The SMILES string of the molecule is CC(C)(C)OC(=O)N1CCC[C@H](Nc2ncc(C(F)(F)F)c(-c3c[nH]c4cc(C(=O)N5CC[C@H](O)C5)ccc34)n2)C1. The predicted molar refractivity (Wildman–Crippen MR) is 145 cm³/mol. The number of ether oxygens (including phenoxy) is 1. The van der Waals surface area contributed by atoms with Crippen LogP contribution in [0.4, 0.5) is 23.9 Å². The zero-order valence-corrected chi connectivity index (χ0v) is 23.1. The average Bonchev–Trinajstić information content (AvgIpc) is 3.52. The van der Waals surface area contributed by atoms with Crippen LogP contribution >= 0.6 is 0 Å². The summed E-state index contributed by atoms with van der Waals surface area (Å²) in [5.74, 6) is -0.241. The van der Waals surface area contributed by atoms with E-state index in [0.717, 1.165) is 6.20 Å². The number of carbonyl (C=O) groups excluding carboxylic acids is 2. The second-order valence-electron chi connectivity index (χ2n) is 11.5. The number of aliphatic hydroxyl groups excluding tert-OH is 1. The van der Waals surface area contributed by atoms with Gasteiger partial charge in [0.25, 0.3) is 5.91 Å². The number of fused-ring (bicyclic) bond motifs is 1. The number of H-pyrrole nitrogens is 1. The Morgan fingerprint density at radius 1 is 1.12 bits per heavy atom. The van der Waals surface area contributed by atoms with Gasteiger partial charge in [0, 0.05) is 66.6 Å². The first-order valence-corrected chi connectivity index (χ1v) is 13.6. The van der Waals surface area contributed by atoms with E-state index >= 15 is 0 Å². The molecule has 41 heavy (non-hydrogen) atoms. The molecule has 2 fully saturated rings. The van der Waals surface area contributed by atoms with Gasteiger partial charge in [-0.05, 0) is 52.2 Å². The molecule has 5 rings (SSSR count). The lowest BCUT2D eigenvalue weighted by Gasteiger charge is -2.34. The number of amides is 2. The van der Waals surface area contributed by atoms with Crippen LogP contribution in [-0.2, 0) is 10.9 Å². The second kappa shape index (κ2) is 10.8. The summed E-state index contributed by atoms with van der Waals surface area (Å²) in [6.07, 6.45) is -1.65. The summed E-state index contributed by atoms with van der Waals surface area (Å²) >= 11 is 0. The summed E-state index contributed by atoms with van der Waals surface area (Å²) in [5, 5.41) is 13.3. The third-order valence-electron chi connectivity index (χ3n) is 7.13. The van der Waals surface area contributed by atoms with Gasteiger partial charge in [-0.25, -0.2) is 14.8 Å². The number of anilines is 1. The number of likely N-dealkylation sites (tertiary alicyclic amines) is 2. The molecule has 2 atom stereocenters. The molecule has 2 aliphatic heterocycles. The monoisotopic (exact) mass is 574 g/mol. The molecule has 0 bridgehead atoms. The Kier molecular flexibility index (Phi) is 7.58. The molecule has 2 aromatic heterocycles. The fourth-order valence-electron chi connectivity index (χ4n) is 5.20. The van der Waals surface area contributed by atoms with E-state index in [1.807, 2.05) is 0 Å². The van der Waals surface area contributed by atoms with E-state index in [1.54, 1.807) is 48.8 Å². The number of aromatic amines is 1. The molecular formula is C28H33F3N6O4. The Bertz CT molecular complexity index is 1450. The molecule has 10 nitrogen and oxygen atoms in total. The van der Waals surface area contributed by atoms with Gasteiger partial charge >= 0.3 is 12.3 Å². The molecule has 4 heterocycles. The number of alkyl halides is 3. The fraction of sp³-hybridized carbons (Fsp3) is 0.500. The second-order valence-corrected chi connectivity index (χ2v) is 11.5. The molecule has 0 spiro atoms. The number of halogens is 3. The van der Waals surface area contributed by atoms with Crippen LogP contribution in [0.15, 0.2) is 30.6 Å². The quantitative estimate of drug-likeness (QED) is 0.414. The van der Waals surface area contributed by atoms with Crippen LogP contribution in [-0.4, -0.2) is 85.8 Å². The van der Waals surface area contributed by atoms with Crippen molar-refractivity contribution in [1.82, 2.24) is 24.8 Å². The number of aromatic nitrogens is 3. The molecule has 1 aromatic carbocycles. The highest BCUT2D eigenvalue weighted by Crippen LogP contribution is 2.39. The molecule has 13 heteroatoms. The molecule has 0 radical (unpaired) electrons. The van der Waals surface area contributed by atoms with Crippen molar-refractivity contribution >= 4 is 28.9 Å². The van der Waals surface area contributed by atoms with Crippen molar-refractivity contribution in [2.24, 2.45) is 0 Å². The van der Waals surface area contributed by atoms with E-state index < -0.39 is 29.5 Å². The highest BCUT2D eigenvalue weighted by atomic mass is 19.4. The van der Waals surface area contributed by atoms with E-state index in [1.165, 1.54) is 6.20 Å². The molecular weight excluding hydrogens is 541 g/mol. The molecule has 2 aliphatic rings. The van der Waals surface area contributed by atoms with Gasteiger partial charge in [0.05, 0.1) is 11.8 Å². The van der Waals surface area contributed by atoms with Gasteiger partial charge in [-0.15, -0.1) is 0 Å². The van der Waals surface area contributed by atoms with E-state index in [0.29, 0.717) is 55.4 Å². The minimum Gasteiger partial charge on any atom is -0.444 e. The summed E-state index contributed by atoms with van der Waals surface area (Å²) in [4.78, 5) is 39.7. The normalized spacial score (nSPS) is 20.0. The summed E-state index contributed by atoms with van der Waals surface area (Å²) in [5.41, 5.74) is -0.878. The summed E-state index contributed by atoms with van der Waals surface area (Å²) in [6.45, 7) is 6.85. The number of aliphatic hydroxyl groups is 1. The van der Waals surface area contributed by atoms with Gasteiger partial charge in [0.1, 0.15) is 11.2 Å².